The molecule has 0 fully saturated rings. The predicted molar refractivity (Wildman–Crippen MR) is 75.2 cm³/mol. The second-order valence-corrected chi connectivity index (χ2v) is 4.35. The number of rotatable bonds is 9. The fourth-order valence-electron chi connectivity index (χ4n) is 1.72. The highest BCUT2D eigenvalue weighted by atomic mass is 19.1. The summed E-state index contributed by atoms with van der Waals surface area (Å²) in [6.45, 7) is 5.22. The van der Waals surface area contributed by atoms with Gasteiger partial charge < -0.3 is 14.8 Å². The van der Waals surface area contributed by atoms with Crippen LogP contribution < -0.4 is 10.1 Å². The monoisotopic (exact) mass is 283 g/mol. The van der Waals surface area contributed by atoms with Gasteiger partial charge in [0.2, 0.25) is 0 Å². The van der Waals surface area contributed by atoms with E-state index in [1.54, 1.807) is 19.1 Å². The maximum absolute atomic E-state index is 13.0. The molecular formula is C15H22FNO3. The molecule has 1 atom stereocenters. The Labute approximate surface area is 119 Å². The van der Waals surface area contributed by atoms with Crippen molar-refractivity contribution < 1.29 is 18.7 Å². The summed E-state index contributed by atoms with van der Waals surface area (Å²) in [7, 11) is 0. The lowest BCUT2D eigenvalue weighted by atomic mass is 10.2. The van der Waals surface area contributed by atoms with Crippen molar-refractivity contribution in [1.82, 2.24) is 5.32 Å². The molecule has 0 aliphatic heterocycles. The average Bonchev–Trinajstić information content (AvgIpc) is 2.43. The Bertz CT molecular complexity index is 412. The minimum Gasteiger partial charge on any atom is -0.493 e. The highest BCUT2D eigenvalue weighted by molar-refractivity contribution is 5.75. The lowest BCUT2D eigenvalue weighted by Gasteiger charge is -2.17. The largest absolute Gasteiger partial charge is 0.493 e. The van der Waals surface area contributed by atoms with E-state index >= 15 is 0 Å². The van der Waals surface area contributed by atoms with Crippen LogP contribution in [0.1, 0.15) is 26.7 Å². The molecule has 0 saturated heterocycles. The third-order valence-electron chi connectivity index (χ3n) is 2.68. The Morgan fingerprint density at radius 3 is 2.85 bits per heavy atom. The summed E-state index contributed by atoms with van der Waals surface area (Å²) >= 11 is 0. The first-order valence-corrected chi connectivity index (χ1v) is 6.95. The Kier molecular flexibility index (Phi) is 7.65. The van der Waals surface area contributed by atoms with Crippen molar-refractivity contribution in [2.75, 3.05) is 19.8 Å². The molecule has 0 saturated carbocycles. The Morgan fingerprint density at radius 2 is 2.20 bits per heavy atom. The molecule has 5 heteroatoms. The van der Waals surface area contributed by atoms with Gasteiger partial charge in [0.05, 0.1) is 13.2 Å². The van der Waals surface area contributed by atoms with Gasteiger partial charge in [0.25, 0.3) is 0 Å². The average molecular weight is 283 g/mol. The molecule has 0 aliphatic carbocycles. The van der Waals surface area contributed by atoms with Crippen molar-refractivity contribution in [3.8, 4) is 5.75 Å². The minimum absolute atomic E-state index is 0.274. The summed E-state index contributed by atoms with van der Waals surface area (Å²) < 4.78 is 23.4. The molecule has 0 aromatic heterocycles. The van der Waals surface area contributed by atoms with E-state index in [4.69, 9.17) is 9.47 Å². The van der Waals surface area contributed by atoms with E-state index in [-0.39, 0.29) is 17.8 Å². The molecule has 0 radical (unpaired) electrons. The predicted octanol–water partition coefficient (Wildman–Crippen LogP) is 2.53. The van der Waals surface area contributed by atoms with Crippen LogP contribution in [0.25, 0.3) is 0 Å². The number of esters is 1. The van der Waals surface area contributed by atoms with Crippen molar-refractivity contribution >= 4 is 5.97 Å². The smallest absolute Gasteiger partial charge is 0.323 e. The van der Waals surface area contributed by atoms with Gasteiger partial charge in [-0.05, 0) is 32.0 Å². The van der Waals surface area contributed by atoms with Gasteiger partial charge in [-0.1, -0.05) is 13.0 Å². The van der Waals surface area contributed by atoms with Gasteiger partial charge >= 0.3 is 5.97 Å². The Balaban J connectivity index is 2.42. The summed E-state index contributed by atoms with van der Waals surface area (Å²) in [5, 5.41) is 3.12. The fourth-order valence-corrected chi connectivity index (χ4v) is 1.72. The van der Waals surface area contributed by atoms with E-state index in [2.05, 4.69) is 5.32 Å². The molecule has 0 amide bonds. The number of hydrogen-bond acceptors (Lipinski definition) is 4. The summed E-state index contributed by atoms with van der Waals surface area (Å²) in [6, 6.07) is 5.56. The van der Waals surface area contributed by atoms with Gasteiger partial charge in [-0.15, -0.1) is 0 Å². The Hall–Kier alpha value is -1.62. The molecule has 4 nitrogen and oxygen atoms in total. The molecule has 0 aliphatic rings. The minimum atomic E-state index is -0.386. The van der Waals surface area contributed by atoms with Crippen molar-refractivity contribution in [1.29, 1.82) is 0 Å². The molecule has 0 heterocycles. The number of benzene rings is 1. The SMILES string of the molecule is CCCNC(CCOc1cccc(F)c1)C(=O)OCC. The summed E-state index contributed by atoms with van der Waals surface area (Å²) in [6.07, 6.45) is 1.41. The van der Waals surface area contributed by atoms with Gasteiger partial charge in [-0.25, -0.2) is 4.39 Å². The van der Waals surface area contributed by atoms with Crippen LogP contribution in [0.3, 0.4) is 0 Å². The maximum Gasteiger partial charge on any atom is 0.323 e. The highest BCUT2D eigenvalue weighted by Crippen LogP contribution is 2.12. The highest BCUT2D eigenvalue weighted by Gasteiger charge is 2.18. The number of nitrogens with one attached hydrogen (secondary N) is 1. The fraction of sp³-hybridized carbons (Fsp3) is 0.533. The van der Waals surface area contributed by atoms with E-state index in [0.717, 1.165) is 13.0 Å². The lowest BCUT2D eigenvalue weighted by molar-refractivity contribution is -0.146. The molecule has 1 unspecified atom stereocenters. The van der Waals surface area contributed by atoms with E-state index < -0.39 is 0 Å². The van der Waals surface area contributed by atoms with Crippen LogP contribution in [0.4, 0.5) is 4.39 Å². The molecule has 112 valence electrons. The van der Waals surface area contributed by atoms with Crippen LogP contribution >= 0.6 is 0 Å². The lowest BCUT2D eigenvalue weighted by Crippen LogP contribution is -2.39. The first-order valence-electron chi connectivity index (χ1n) is 6.95. The van der Waals surface area contributed by atoms with Crippen LogP contribution in [0.2, 0.25) is 0 Å². The molecule has 0 bridgehead atoms. The first-order chi connectivity index (χ1) is 9.67. The van der Waals surface area contributed by atoms with E-state index in [9.17, 15) is 9.18 Å². The van der Waals surface area contributed by atoms with Crippen LogP contribution in [-0.2, 0) is 9.53 Å². The van der Waals surface area contributed by atoms with Crippen molar-refractivity contribution in [2.24, 2.45) is 0 Å². The molecule has 1 N–H and O–H groups in total. The van der Waals surface area contributed by atoms with Crippen LogP contribution in [0.5, 0.6) is 5.75 Å². The Morgan fingerprint density at radius 1 is 1.40 bits per heavy atom. The summed E-state index contributed by atoms with van der Waals surface area (Å²) in [5.74, 6) is -0.152. The van der Waals surface area contributed by atoms with Crippen LogP contribution in [0.15, 0.2) is 24.3 Å². The molecule has 1 rings (SSSR count). The zero-order valence-corrected chi connectivity index (χ0v) is 12.0. The molecule has 1 aromatic rings. The van der Waals surface area contributed by atoms with Crippen LogP contribution in [-0.4, -0.2) is 31.8 Å². The molecule has 20 heavy (non-hydrogen) atoms. The second kappa shape index (κ2) is 9.31. The number of carbonyl (C=O) groups excluding carboxylic acids is 1. The standard InChI is InChI=1S/C15H22FNO3/c1-3-9-17-14(15(18)19-4-2)8-10-20-13-7-5-6-12(16)11-13/h5-7,11,14,17H,3-4,8-10H2,1-2H3. The first kappa shape index (κ1) is 16.4. The summed E-state index contributed by atoms with van der Waals surface area (Å²) in [4.78, 5) is 11.7. The van der Waals surface area contributed by atoms with Crippen molar-refractivity contribution in [2.45, 2.75) is 32.7 Å². The number of carbonyl (C=O) groups is 1. The zero-order chi connectivity index (χ0) is 14.8. The van der Waals surface area contributed by atoms with Gasteiger partial charge in [0, 0.05) is 12.5 Å². The quantitative estimate of drug-likeness (QED) is 0.707. The normalized spacial score (nSPS) is 11.9. The summed E-state index contributed by atoms with van der Waals surface area (Å²) in [5.41, 5.74) is 0. The molecule has 0 spiro atoms. The van der Waals surface area contributed by atoms with E-state index in [0.29, 0.717) is 25.4 Å². The van der Waals surface area contributed by atoms with Gasteiger partial charge in [0.15, 0.2) is 0 Å². The van der Waals surface area contributed by atoms with Crippen LogP contribution in [0, 0.1) is 5.82 Å². The van der Waals surface area contributed by atoms with Gasteiger partial charge in [-0.3, -0.25) is 4.79 Å². The molecular weight excluding hydrogens is 261 g/mol. The number of halogens is 1. The topological polar surface area (TPSA) is 47.6 Å². The zero-order valence-electron chi connectivity index (χ0n) is 12.0. The van der Waals surface area contributed by atoms with E-state index in [1.807, 2.05) is 6.92 Å². The third-order valence-corrected chi connectivity index (χ3v) is 2.68. The van der Waals surface area contributed by atoms with Crippen molar-refractivity contribution in [3.63, 3.8) is 0 Å². The van der Waals surface area contributed by atoms with Crippen molar-refractivity contribution in [3.05, 3.63) is 30.1 Å². The second-order valence-electron chi connectivity index (χ2n) is 4.35. The van der Waals surface area contributed by atoms with Gasteiger partial charge in [-0.2, -0.15) is 0 Å². The third kappa shape index (κ3) is 6.02. The van der Waals surface area contributed by atoms with Gasteiger partial charge in [0.1, 0.15) is 17.6 Å². The number of hydrogen-bond donors (Lipinski definition) is 1. The molecule has 1 aromatic carbocycles. The van der Waals surface area contributed by atoms with E-state index in [1.165, 1.54) is 12.1 Å². The maximum atomic E-state index is 13.0. The number of ether oxygens (including phenoxy) is 2.